The Morgan fingerprint density at radius 2 is 2.08 bits per heavy atom. The van der Waals surface area contributed by atoms with Gasteiger partial charge in [0.1, 0.15) is 0 Å². The van der Waals surface area contributed by atoms with E-state index >= 15 is 0 Å². The first-order chi connectivity index (χ1) is 6.02. The molecule has 0 saturated carbocycles. The summed E-state index contributed by atoms with van der Waals surface area (Å²) < 4.78 is 0.651. The molecule has 1 aromatic carbocycles. The molecule has 13 heavy (non-hydrogen) atoms. The molecule has 0 aromatic heterocycles. The Morgan fingerprint density at radius 1 is 1.46 bits per heavy atom. The van der Waals surface area contributed by atoms with Crippen molar-refractivity contribution in [2.24, 2.45) is 0 Å². The Bertz CT molecular complexity index is 422. The molecule has 0 N–H and O–H groups in total. The van der Waals surface area contributed by atoms with Gasteiger partial charge in [0.05, 0.1) is 4.92 Å². The van der Waals surface area contributed by atoms with E-state index in [4.69, 9.17) is 22.4 Å². The fraction of sp³-hybridized carbons (Fsp3) is 0. The minimum Gasteiger partial charge on any atom is -0.313 e. The fourth-order valence-electron chi connectivity index (χ4n) is 0.774. The topological polar surface area (TPSA) is 43.1 Å². The number of nitrogens with zero attached hydrogens (tertiary/aromatic N) is 1. The molecule has 0 radical (unpaired) electrons. The minimum absolute atomic E-state index is 0.0114. The van der Waals surface area contributed by atoms with Gasteiger partial charge in [0.15, 0.2) is 0 Å². The molecule has 0 aliphatic carbocycles. The lowest BCUT2D eigenvalue weighted by Crippen LogP contribution is -1.92. The first kappa shape index (κ1) is 11.0. The summed E-state index contributed by atoms with van der Waals surface area (Å²) in [5.74, 6) is 0. The van der Waals surface area contributed by atoms with Gasteiger partial charge in [-0.05, 0) is 6.07 Å². The maximum atomic E-state index is 10.6. The number of rotatable bonds is 2. The summed E-state index contributed by atoms with van der Waals surface area (Å²) in [6, 6.07) is 4.69. The molecular formula is C6H3BrNO2S3-. The smallest absolute Gasteiger partial charge is 0.253 e. The summed E-state index contributed by atoms with van der Waals surface area (Å²) >= 11 is 12.8. The van der Waals surface area contributed by atoms with Crippen LogP contribution in [0.15, 0.2) is 27.6 Å². The second kappa shape index (κ2) is 4.41. The normalized spacial score (nSPS) is 10.3. The van der Waals surface area contributed by atoms with E-state index in [1.807, 2.05) is 0 Å². The molecule has 0 aliphatic rings. The van der Waals surface area contributed by atoms with E-state index in [0.29, 0.717) is 9.37 Å². The van der Waals surface area contributed by atoms with E-state index in [9.17, 15) is 10.1 Å². The fourth-order valence-corrected chi connectivity index (χ4v) is 2.45. The third kappa shape index (κ3) is 2.67. The van der Waals surface area contributed by atoms with Gasteiger partial charge in [-0.15, -0.1) is 0 Å². The molecule has 0 fully saturated rings. The molecule has 0 saturated heterocycles. The highest BCUT2D eigenvalue weighted by Crippen LogP contribution is 2.24. The number of benzene rings is 1. The van der Waals surface area contributed by atoms with Crippen LogP contribution in [0, 0.1) is 10.1 Å². The van der Waals surface area contributed by atoms with Crippen LogP contribution in [0.3, 0.4) is 0 Å². The molecular weight excluding hydrogens is 294 g/mol. The zero-order chi connectivity index (χ0) is 10.0. The maximum absolute atomic E-state index is 10.6. The summed E-state index contributed by atoms with van der Waals surface area (Å²) in [7, 11) is -0.915. The first-order valence-corrected chi connectivity index (χ1v) is 6.92. The second-order valence-electron chi connectivity index (χ2n) is 2.10. The molecule has 3 nitrogen and oxygen atoms in total. The van der Waals surface area contributed by atoms with E-state index < -0.39 is 12.9 Å². The quantitative estimate of drug-likeness (QED) is 0.477. The summed E-state index contributed by atoms with van der Waals surface area (Å²) in [6.45, 7) is 0. The van der Waals surface area contributed by atoms with Crippen LogP contribution < -0.4 is 0 Å². The highest BCUT2D eigenvalue weighted by atomic mass is 79.9. The number of nitro benzene ring substituents is 1. The lowest BCUT2D eigenvalue weighted by Gasteiger charge is -2.05. The molecule has 0 bridgehead atoms. The van der Waals surface area contributed by atoms with Gasteiger partial charge in [-0.2, -0.15) is 0 Å². The Morgan fingerprint density at radius 3 is 2.54 bits per heavy atom. The predicted octanol–water partition coefficient (Wildman–Crippen LogP) is 2.26. The Kier molecular flexibility index (Phi) is 3.72. The van der Waals surface area contributed by atoms with Gasteiger partial charge in [-0.25, -0.2) is 0 Å². The summed E-state index contributed by atoms with van der Waals surface area (Å²) in [5.41, 5.74) is -0.0114. The molecule has 7 heteroatoms. The van der Waals surface area contributed by atoms with E-state index in [1.54, 1.807) is 12.1 Å². The van der Waals surface area contributed by atoms with Crippen LogP contribution in [0.2, 0.25) is 0 Å². The van der Waals surface area contributed by atoms with Gasteiger partial charge in [-0.3, -0.25) is 32.5 Å². The zero-order valence-electron chi connectivity index (χ0n) is 6.10. The number of hydrogen-bond acceptors (Lipinski definition) is 5. The monoisotopic (exact) mass is 296 g/mol. The predicted molar refractivity (Wildman–Crippen MR) is 61.2 cm³/mol. The van der Waals surface area contributed by atoms with Crippen molar-refractivity contribution in [1.29, 1.82) is 0 Å². The van der Waals surface area contributed by atoms with Crippen LogP contribution in [0.1, 0.15) is 0 Å². The number of nitro groups is 1. The molecule has 0 atom stereocenters. The highest BCUT2D eigenvalue weighted by molar-refractivity contribution is 9.10. The van der Waals surface area contributed by atoms with Crippen molar-refractivity contribution in [3.63, 3.8) is 0 Å². The Balaban J connectivity index is 3.44. The molecule has 0 aliphatic heterocycles. The molecule has 0 amide bonds. The Hall–Kier alpha value is -0.110. The standard InChI is InChI=1S/C6H3BrNO2S3/c7-4-1-2-6(13(11)12)5(3-4)8(9)10/h1-3H/q-1. The van der Waals surface area contributed by atoms with Crippen LogP contribution in [0.5, 0.6) is 0 Å². The zero-order valence-corrected chi connectivity index (χ0v) is 10.1. The van der Waals surface area contributed by atoms with Gasteiger partial charge in [0, 0.05) is 10.5 Å². The van der Waals surface area contributed by atoms with Crippen molar-refractivity contribution in [2.45, 2.75) is 4.90 Å². The van der Waals surface area contributed by atoms with Gasteiger partial charge in [-0.1, -0.05) is 26.9 Å². The SMILES string of the molecule is O=[N+]([O-])c1cc(Br)ccc1[S-](=S)=S. The van der Waals surface area contributed by atoms with Crippen molar-refractivity contribution in [1.82, 2.24) is 0 Å². The van der Waals surface area contributed by atoms with E-state index in [2.05, 4.69) is 15.9 Å². The lowest BCUT2D eigenvalue weighted by atomic mass is 10.3. The number of halogens is 1. The van der Waals surface area contributed by atoms with Crippen LogP contribution in [0.4, 0.5) is 5.69 Å². The molecule has 1 aromatic rings. The van der Waals surface area contributed by atoms with Crippen molar-refractivity contribution in [2.75, 3.05) is 0 Å². The summed E-state index contributed by atoms with van der Waals surface area (Å²) in [5, 5.41) is 10.6. The van der Waals surface area contributed by atoms with Gasteiger partial charge in [0.25, 0.3) is 5.69 Å². The molecule has 0 heterocycles. The molecule has 70 valence electrons. The molecule has 1 rings (SSSR count). The van der Waals surface area contributed by atoms with Crippen molar-refractivity contribution < 1.29 is 4.92 Å². The van der Waals surface area contributed by atoms with Crippen molar-refractivity contribution in [3.8, 4) is 0 Å². The van der Waals surface area contributed by atoms with Crippen LogP contribution in [-0.2, 0) is 30.4 Å². The minimum atomic E-state index is -0.915. The lowest BCUT2D eigenvalue weighted by molar-refractivity contribution is -0.387. The third-order valence-electron chi connectivity index (χ3n) is 1.30. The highest BCUT2D eigenvalue weighted by Gasteiger charge is 2.07. The Labute approximate surface area is 94.3 Å². The molecule has 0 spiro atoms. The average molecular weight is 297 g/mol. The molecule has 0 unspecified atom stereocenters. The van der Waals surface area contributed by atoms with Crippen molar-refractivity contribution in [3.05, 3.63) is 32.8 Å². The van der Waals surface area contributed by atoms with Crippen LogP contribution in [0.25, 0.3) is 0 Å². The van der Waals surface area contributed by atoms with Crippen molar-refractivity contribution >= 4 is 52.0 Å². The van der Waals surface area contributed by atoms with Crippen LogP contribution >= 0.6 is 15.9 Å². The summed E-state index contributed by atoms with van der Waals surface area (Å²) in [6.07, 6.45) is 0. The van der Waals surface area contributed by atoms with Gasteiger partial charge in [0.2, 0.25) is 0 Å². The van der Waals surface area contributed by atoms with Gasteiger partial charge >= 0.3 is 0 Å². The maximum Gasteiger partial charge on any atom is 0.253 e. The third-order valence-corrected chi connectivity index (χ3v) is 3.57. The second-order valence-corrected chi connectivity index (χ2v) is 6.56. The largest absolute Gasteiger partial charge is 0.313 e. The van der Waals surface area contributed by atoms with E-state index in [1.165, 1.54) is 6.07 Å². The van der Waals surface area contributed by atoms with Crippen LogP contribution in [-0.4, -0.2) is 4.92 Å². The first-order valence-electron chi connectivity index (χ1n) is 3.05. The summed E-state index contributed by atoms with van der Waals surface area (Å²) in [4.78, 5) is 10.5. The van der Waals surface area contributed by atoms with Gasteiger partial charge < -0.3 is 8.01 Å². The average Bonchev–Trinajstić information content (AvgIpc) is 2.03. The number of hydrogen-bond donors (Lipinski definition) is 0. The van der Waals surface area contributed by atoms with E-state index in [0.717, 1.165) is 0 Å². The van der Waals surface area contributed by atoms with E-state index in [-0.39, 0.29) is 5.69 Å².